The second-order valence-corrected chi connectivity index (χ2v) is 4.68. The van der Waals surface area contributed by atoms with Crippen molar-refractivity contribution < 1.29 is 0 Å². The lowest BCUT2D eigenvalue weighted by Crippen LogP contribution is -1.95. The molecule has 0 spiro atoms. The highest BCUT2D eigenvalue weighted by atomic mass is 35.5. The average molecular weight is 291 g/mol. The monoisotopic (exact) mass is 290 g/mol. The van der Waals surface area contributed by atoms with Crippen LogP contribution < -0.4 is 0 Å². The number of hydrogen-bond donors (Lipinski definition) is 0. The SMILES string of the molecule is Cc1ccccc1C(Cl)=NN=C(Cl)c1ccccc1. The minimum atomic E-state index is 0.312. The molecule has 0 N–H and O–H groups in total. The minimum Gasteiger partial charge on any atom is -0.136 e. The largest absolute Gasteiger partial charge is 0.159 e. The van der Waals surface area contributed by atoms with Crippen LogP contribution in [0.1, 0.15) is 16.7 Å². The third kappa shape index (κ3) is 3.66. The van der Waals surface area contributed by atoms with E-state index in [0.29, 0.717) is 10.3 Å². The van der Waals surface area contributed by atoms with Crippen molar-refractivity contribution >= 4 is 33.5 Å². The maximum atomic E-state index is 6.13. The molecule has 0 saturated heterocycles. The molecule has 4 heteroatoms. The van der Waals surface area contributed by atoms with Crippen LogP contribution in [0.15, 0.2) is 64.8 Å². The van der Waals surface area contributed by atoms with Crippen LogP contribution in [-0.2, 0) is 0 Å². The van der Waals surface area contributed by atoms with E-state index in [1.807, 2.05) is 61.5 Å². The van der Waals surface area contributed by atoms with Crippen LogP contribution in [0, 0.1) is 6.92 Å². The van der Waals surface area contributed by atoms with Gasteiger partial charge in [-0.1, -0.05) is 77.8 Å². The molecule has 0 heterocycles. The third-order valence-electron chi connectivity index (χ3n) is 2.60. The van der Waals surface area contributed by atoms with E-state index in [9.17, 15) is 0 Å². The van der Waals surface area contributed by atoms with Crippen molar-refractivity contribution in [2.75, 3.05) is 0 Å². The van der Waals surface area contributed by atoms with E-state index >= 15 is 0 Å². The third-order valence-corrected chi connectivity index (χ3v) is 3.18. The van der Waals surface area contributed by atoms with Gasteiger partial charge in [0.15, 0.2) is 10.3 Å². The standard InChI is InChI=1S/C15H12Cl2N2/c1-11-7-5-6-10-13(11)15(17)19-18-14(16)12-8-3-2-4-9-12/h2-10H,1H3. The molecule has 0 aliphatic rings. The van der Waals surface area contributed by atoms with Crippen molar-refractivity contribution in [2.24, 2.45) is 10.2 Å². The van der Waals surface area contributed by atoms with Crippen molar-refractivity contribution in [1.29, 1.82) is 0 Å². The fourth-order valence-corrected chi connectivity index (χ4v) is 1.99. The first-order valence-corrected chi connectivity index (χ1v) is 6.52. The molecule has 0 saturated carbocycles. The number of rotatable bonds is 3. The topological polar surface area (TPSA) is 24.7 Å². The maximum absolute atomic E-state index is 6.13. The highest BCUT2D eigenvalue weighted by molar-refractivity contribution is 6.71. The summed E-state index contributed by atoms with van der Waals surface area (Å²) in [6.07, 6.45) is 0. The fourth-order valence-electron chi connectivity index (χ4n) is 1.58. The van der Waals surface area contributed by atoms with Gasteiger partial charge in [0.25, 0.3) is 0 Å². The Morgan fingerprint density at radius 1 is 0.789 bits per heavy atom. The van der Waals surface area contributed by atoms with Crippen molar-refractivity contribution in [3.05, 3.63) is 71.3 Å². The molecule has 2 aromatic carbocycles. The van der Waals surface area contributed by atoms with Crippen molar-refractivity contribution in [3.63, 3.8) is 0 Å². The summed E-state index contributed by atoms with van der Waals surface area (Å²) in [6, 6.07) is 17.1. The van der Waals surface area contributed by atoms with Crippen molar-refractivity contribution in [1.82, 2.24) is 0 Å². The van der Waals surface area contributed by atoms with Gasteiger partial charge in [-0.2, -0.15) is 0 Å². The molecule has 2 nitrogen and oxygen atoms in total. The summed E-state index contributed by atoms with van der Waals surface area (Å²) in [5.41, 5.74) is 2.70. The predicted molar refractivity (Wildman–Crippen MR) is 82.4 cm³/mol. The van der Waals surface area contributed by atoms with Gasteiger partial charge in [0.05, 0.1) is 0 Å². The maximum Gasteiger partial charge on any atom is 0.159 e. The number of halogens is 2. The van der Waals surface area contributed by atoms with Gasteiger partial charge in [0.1, 0.15) is 0 Å². The number of nitrogens with zero attached hydrogens (tertiary/aromatic N) is 2. The fraction of sp³-hybridized carbons (Fsp3) is 0.0667. The summed E-state index contributed by atoms with van der Waals surface area (Å²) in [6.45, 7) is 1.97. The molecule has 0 fully saturated rings. The van der Waals surface area contributed by atoms with E-state index in [2.05, 4.69) is 10.2 Å². The summed E-state index contributed by atoms with van der Waals surface area (Å²) in [7, 11) is 0. The Hall–Kier alpha value is -1.64. The summed E-state index contributed by atoms with van der Waals surface area (Å²) >= 11 is 12.2. The zero-order chi connectivity index (χ0) is 13.7. The van der Waals surface area contributed by atoms with Gasteiger partial charge < -0.3 is 0 Å². The molecule has 2 aromatic rings. The van der Waals surface area contributed by atoms with Gasteiger partial charge in [-0.3, -0.25) is 0 Å². The van der Waals surface area contributed by atoms with E-state index in [-0.39, 0.29) is 0 Å². The first-order chi connectivity index (χ1) is 9.18. The Bertz CT molecular complexity index is 619. The van der Waals surface area contributed by atoms with E-state index < -0.39 is 0 Å². The summed E-state index contributed by atoms with van der Waals surface area (Å²) in [5, 5.41) is 8.56. The second kappa shape index (κ2) is 6.50. The average Bonchev–Trinajstić information content (AvgIpc) is 2.46. The van der Waals surface area contributed by atoms with Gasteiger partial charge in [-0.25, -0.2) is 0 Å². The molecule has 0 atom stereocenters. The quantitative estimate of drug-likeness (QED) is 0.584. The zero-order valence-corrected chi connectivity index (χ0v) is 11.9. The van der Waals surface area contributed by atoms with Crippen LogP contribution in [0.2, 0.25) is 0 Å². The van der Waals surface area contributed by atoms with Crippen LogP contribution in [0.4, 0.5) is 0 Å². The molecule has 0 aliphatic carbocycles. The van der Waals surface area contributed by atoms with E-state index in [1.54, 1.807) is 0 Å². The lowest BCUT2D eigenvalue weighted by molar-refractivity contribution is 1.25. The molecule has 19 heavy (non-hydrogen) atoms. The van der Waals surface area contributed by atoms with Gasteiger partial charge >= 0.3 is 0 Å². The molecule has 0 bridgehead atoms. The molecule has 0 aromatic heterocycles. The Morgan fingerprint density at radius 2 is 1.37 bits per heavy atom. The van der Waals surface area contributed by atoms with E-state index in [0.717, 1.165) is 16.7 Å². The first-order valence-electron chi connectivity index (χ1n) is 5.76. The molecule has 0 amide bonds. The Balaban J connectivity index is 2.25. The summed E-state index contributed by atoms with van der Waals surface area (Å²) in [5.74, 6) is 0. The summed E-state index contributed by atoms with van der Waals surface area (Å²) < 4.78 is 0. The number of benzene rings is 2. The predicted octanol–water partition coefficient (Wildman–Crippen LogP) is 4.58. The summed E-state index contributed by atoms with van der Waals surface area (Å²) in [4.78, 5) is 0. The lowest BCUT2D eigenvalue weighted by atomic mass is 10.1. The molecular formula is C15H12Cl2N2. The Kier molecular flexibility index (Phi) is 4.72. The smallest absolute Gasteiger partial charge is 0.136 e. The highest BCUT2D eigenvalue weighted by Crippen LogP contribution is 2.12. The normalized spacial score (nSPS) is 12.6. The molecular weight excluding hydrogens is 279 g/mol. The van der Waals surface area contributed by atoms with Crippen LogP contribution >= 0.6 is 23.2 Å². The van der Waals surface area contributed by atoms with Crippen molar-refractivity contribution in [3.8, 4) is 0 Å². The second-order valence-electron chi connectivity index (χ2n) is 3.96. The molecule has 0 unspecified atom stereocenters. The number of aryl methyl sites for hydroxylation is 1. The van der Waals surface area contributed by atoms with Crippen LogP contribution in [-0.4, -0.2) is 10.3 Å². The van der Waals surface area contributed by atoms with Crippen molar-refractivity contribution in [2.45, 2.75) is 6.92 Å². The molecule has 0 aliphatic heterocycles. The molecule has 96 valence electrons. The number of hydrogen-bond acceptors (Lipinski definition) is 2. The van der Waals surface area contributed by atoms with Gasteiger partial charge in [-0.05, 0) is 12.5 Å². The first kappa shape index (κ1) is 13.8. The van der Waals surface area contributed by atoms with Crippen LogP contribution in [0.3, 0.4) is 0 Å². The molecule has 0 radical (unpaired) electrons. The van der Waals surface area contributed by atoms with E-state index in [4.69, 9.17) is 23.2 Å². The Labute approximate surface area is 122 Å². The van der Waals surface area contributed by atoms with Gasteiger partial charge in [0.2, 0.25) is 0 Å². The van der Waals surface area contributed by atoms with E-state index in [1.165, 1.54) is 0 Å². The van der Waals surface area contributed by atoms with Crippen LogP contribution in [0.25, 0.3) is 0 Å². The minimum absolute atomic E-state index is 0.312. The Morgan fingerprint density at radius 3 is 2.05 bits per heavy atom. The van der Waals surface area contributed by atoms with Crippen LogP contribution in [0.5, 0.6) is 0 Å². The van der Waals surface area contributed by atoms with Gasteiger partial charge in [-0.15, -0.1) is 10.2 Å². The zero-order valence-electron chi connectivity index (χ0n) is 10.3. The molecule has 2 rings (SSSR count). The lowest BCUT2D eigenvalue weighted by Gasteiger charge is -2.01. The van der Waals surface area contributed by atoms with Gasteiger partial charge in [0, 0.05) is 11.1 Å². The highest BCUT2D eigenvalue weighted by Gasteiger charge is 2.03.